The molecule has 2 rings (SSSR count). The van der Waals surface area contributed by atoms with Crippen molar-refractivity contribution in [2.24, 2.45) is 0 Å². The first-order chi connectivity index (χ1) is 8.13. The molecular weight excluding hydrogens is 212 g/mol. The van der Waals surface area contributed by atoms with E-state index in [1.807, 2.05) is 38.1 Å². The highest BCUT2D eigenvalue weighted by atomic mass is 16.5. The lowest BCUT2D eigenvalue weighted by atomic mass is 10.0. The maximum atomic E-state index is 6.04. The first-order valence-electron chi connectivity index (χ1n) is 5.49. The van der Waals surface area contributed by atoms with E-state index in [1.165, 1.54) is 0 Å². The average Bonchev–Trinajstić information content (AvgIpc) is 2.32. The van der Waals surface area contributed by atoms with Crippen LogP contribution >= 0.6 is 0 Å². The second-order valence-corrected chi connectivity index (χ2v) is 4.07. The number of nitrogen functional groups attached to an aromatic ring is 1. The Morgan fingerprint density at radius 2 is 1.88 bits per heavy atom. The molecule has 17 heavy (non-hydrogen) atoms. The van der Waals surface area contributed by atoms with Crippen LogP contribution in [0.25, 0.3) is 11.3 Å². The Bertz CT molecular complexity index is 550. The van der Waals surface area contributed by atoms with Gasteiger partial charge in [-0.1, -0.05) is 0 Å². The predicted molar refractivity (Wildman–Crippen MR) is 70.1 cm³/mol. The Balaban J connectivity index is 2.54. The molecule has 0 atom stereocenters. The van der Waals surface area contributed by atoms with Crippen LogP contribution in [0.3, 0.4) is 0 Å². The number of pyridine rings is 1. The van der Waals surface area contributed by atoms with Gasteiger partial charge in [0.15, 0.2) is 0 Å². The van der Waals surface area contributed by atoms with Gasteiger partial charge in [-0.15, -0.1) is 0 Å². The van der Waals surface area contributed by atoms with E-state index in [9.17, 15) is 0 Å². The third kappa shape index (κ3) is 2.09. The summed E-state index contributed by atoms with van der Waals surface area (Å²) < 4.78 is 5.24. The molecular formula is C14H16N2O. The van der Waals surface area contributed by atoms with Gasteiger partial charge in [-0.05, 0) is 49.2 Å². The van der Waals surface area contributed by atoms with Crippen molar-refractivity contribution in [3.05, 3.63) is 41.6 Å². The van der Waals surface area contributed by atoms with Gasteiger partial charge in [0, 0.05) is 11.8 Å². The minimum Gasteiger partial charge on any atom is -0.496 e. The Hall–Kier alpha value is -2.03. The van der Waals surface area contributed by atoms with Gasteiger partial charge in [-0.25, -0.2) is 0 Å². The van der Waals surface area contributed by atoms with Crippen LogP contribution in [0, 0.1) is 13.8 Å². The summed E-state index contributed by atoms with van der Waals surface area (Å²) in [7, 11) is 1.67. The number of benzene rings is 1. The lowest BCUT2D eigenvalue weighted by Crippen LogP contribution is -1.97. The molecule has 0 saturated heterocycles. The Morgan fingerprint density at radius 3 is 2.53 bits per heavy atom. The molecule has 88 valence electrons. The van der Waals surface area contributed by atoms with Crippen LogP contribution in [-0.2, 0) is 0 Å². The van der Waals surface area contributed by atoms with E-state index in [0.717, 1.165) is 33.8 Å². The number of aromatic nitrogens is 1. The summed E-state index contributed by atoms with van der Waals surface area (Å²) in [4.78, 5) is 4.34. The van der Waals surface area contributed by atoms with E-state index >= 15 is 0 Å². The largest absolute Gasteiger partial charge is 0.496 e. The minimum atomic E-state index is 0.733. The summed E-state index contributed by atoms with van der Waals surface area (Å²) in [5.41, 5.74) is 10.7. The molecule has 0 amide bonds. The molecule has 0 radical (unpaired) electrons. The zero-order chi connectivity index (χ0) is 12.4. The summed E-state index contributed by atoms with van der Waals surface area (Å²) in [6.07, 6.45) is 1.78. The van der Waals surface area contributed by atoms with Gasteiger partial charge in [0.05, 0.1) is 18.5 Å². The Kier molecular flexibility index (Phi) is 3.00. The number of hydrogen-bond acceptors (Lipinski definition) is 3. The molecule has 2 aromatic rings. The highest BCUT2D eigenvalue weighted by Gasteiger charge is 2.08. The SMILES string of the molecule is COc1ccc(-c2nccc(C)c2N)cc1C. The van der Waals surface area contributed by atoms with Crippen molar-refractivity contribution in [2.45, 2.75) is 13.8 Å². The summed E-state index contributed by atoms with van der Waals surface area (Å²) in [5.74, 6) is 0.875. The lowest BCUT2D eigenvalue weighted by Gasteiger charge is -2.10. The Labute approximate surface area is 101 Å². The predicted octanol–water partition coefficient (Wildman–Crippen LogP) is 2.96. The normalized spacial score (nSPS) is 10.3. The van der Waals surface area contributed by atoms with Crippen molar-refractivity contribution >= 4 is 5.69 Å². The third-order valence-corrected chi connectivity index (χ3v) is 2.88. The minimum absolute atomic E-state index is 0.733. The number of ether oxygens (including phenoxy) is 1. The molecule has 0 saturated carbocycles. The zero-order valence-corrected chi connectivity index (χ0v) is 10.3. The molecule has 1 heterocycles. The van der Waals surface area contributed by atoms with Crippen LogP contribution in [0.4, 0.5) is 5.69 Å². The van der Waals surface area contributed by atoms with E-state index in [2.05, 4.69) is 4.98 Å². The van der Waals surface area contributed by atoms with Crippen LogP contribution in [-0.4, -0.2) is 12.1 Å². The summed E-state index contributed by atoms with van der Waals surface area (Å²) in [6.45, 7) is 3.99. The zero-order valence-electron chi connectivity index (χ0n) is 10.3. The van der Waals surface area contributed by atoms with Crippen LogP contribution in [0.5, 0.6) is 5.75 Å². The van der Waals surface area contributed by atoms with E-state index in [-0.39, 0.29) is 0 Å². The van der Waals surface area contributed by atoms with Crippen LogP contribution < -0.4 is 10.5 Å². The maximum absolute atomic E-state index is 6.04. The van der Waals surface area contributed by atoms with E-state index in [4.69, 9.17) is 10.5 Å². The third-order valence-electron chi connectivity index (χ3n) is 2.88. The van der Waals surface area contributed by atoms with Crippen LogP contribution in [0.2, 0.25) is 0 Å². The molecule has 0 unspecified atom stereocenters. The topological polar surface area (TPSA) is 48.1 Å². The molecule has 0 aliphatic heterocycles. The number of rotatable bonds is 2. The van der Waals surface area contributed by atoms with Crippen LogP contribution in [0.1, 0.15) is 11.1 Å². The molecule has 0 fully saturated rings. The van der Waals surface area contributed by atoms with Gasteiger partial charge >= 0.3 is 0 Å². The molecule has 2 N–H and O–H groups in total. The van der Waals surface area contributed by atoms with E-state index in [1.54, 1.807) is 13.3 Å². The first kappa shape index (κ1) is 11.5. The van der Waals surface area contributed by atoms with Crippen molar-refractivity contribution in [3.63, 3.8) is 0 Å². The molecule has 0 bridgehead atoms. The molecule has 1 aromatic heterocycles. The summed E-state index contributed by atoms with van der Waals surface area (Å²) >= 11 is 0. The Morgan fingerprint density at radius 1 is 1.12 bits per heavy atom. The van der Waals surface area contributed by atoms with Crippen molar-refractivity contribution in [1.82, 2.24) is 4.98 Å². The number of nitrogens with two attached hydrogens (primary N) is 1. The van der Waals surface area contributed by atoms with Gasteiger partial charge in [-0.2, -0.15) is 0 Å². The first-order valence-corrected chi connectivity index (χ1v) is 5.49. The average molecular weight is 228 g/mol. The molecule has 3 heteroatoms. The number of anilines is 1. The highest BCUT2D eigenvalue weighted by molar-refractivity contribution is 5.75. The van der Waals surface area contributed by atoms with Crippen molar-refractivity contribution in [2.75, 3.05) is 12.8 Å². The molecule has 0 aliphatic rings. The van der Waals surface area contributed by atoms with Crippen LogP contribution in [0.15, 0.2) is 30.5 Å². The van der Waals surface area contributed by atoms with Gasteiger partial charge in [0.2, 0.25) is 0 Å². The van der Waals surface area contributed by atoms with Crippen molar-refractivity contribution < 1.29 is 4.74 Å². The van der Waals surface area contributed by atoms with Gasteiger partial charge in [0.25, 0.3) is 0 Å². The fraction of sp³-hybridized carbons (Fsp3) is 0.214. The second-order valence-electron chi connectivity index (χ2n) is 4.07. The number of hydrogen-bond donors (Lipinski definition) is 1. The fourth-order valence-corrected chi connectivity index (χ4v) is 1.83. The number of nitrogens with zero attached hydrogens (tertiary/aromatic N) is 1. The van der Waals surface area contributed by atoms with Crippen molar-refractivity contribution in [1.29, 1.82) is 0 Å². The highest BCUT2D eigenvalue weighted by Crippen LogP contribution is 2.29. The standard InChI is InChI=1S/C14H16N2O/c1-9-6-7-16-14(13(9)15)11-4-5-12(17-3)10(2)8-11/h4-8H,15H2,1-3H3. The quantitative estimate of drug-likeness (QED) is 0.859. The molecule has 0 spiro atoms. The smallest absolute Gasteiger partial charge is 0.121 e. The fourth-order valence-electron chi connectivity index (χ4n) is 1.83. The molecule has 0 aliphatic carbocycles. The maximum Gasteiger partial charge on any atom is 0.121 e. The van der Waals surface area contributed by atoms with Crippen molar-refractivity contribution in [3.8, 4) is 17.0 Å². The molecule has 3 nitrogen and oxygen atoms in total. The molecule has 1 aromatic carbocycles. The monoisotopic (exact) mass is 228 g/mol. The van der Waals surface area contributed by atoms with Gasteiger partial charge in [0.1, 0.15) is 5.75 Å². The summed E-state index contributed by atoms with van der Waals surface area (Å²) in [6, 6.07) is 7.87. The van der Waals surface area contributed by atoms with E-state index in [0.29, 0.717) is 0 Å². The second kappa shape index (κ2) is 4.45. The lowest BCUT2D eigenvalue weighted by molar-refractivity contribution is 0.412. The summed E-state index contributed by atoms with van der Waals surface area (Å²) in [5, 5.41) is 0. The number of aryl methyl sites for hydroxylation is 2. The van der Waals surface area contributed by atoms with Gasteiger partial charge in [-0.3, -0.25) is 4.98 Å². The van der Waals surface area contributed by atoms with E-state index < -0.39 is 0 Å². The van der Waals surface area contributed by atoms with Gasteiger partial charge < -0.3 is 10.5 Å². The number of methoxy groups -OCH3 is 1.